The number of amides is 1. The van der Waals surface area contributed by atoms with Crippen molar-refractivity contribution < 1.29 is 22.7 Å². The number of ether oxygens (including phenoxy) is 2. The van der Waals surface area contributed by atoms with Crippen LogP contribution in [0.3, 0.4) is 0 Å². The number of carbonyl (C=O) groups is 1. The van der Waals surface area contributed by atoms with E-state index in [1.165, 1.54) is 13.2 Å². The Morgan fingerprint density at radius 1 is 1.14 bits per heavy atom. The number of benzene rings is 2. The van der Waals surface area contributed by atoms with Gasteiger partial charge in [0.1, 0.15) is 6.54 Å². The van der Waals surface area contributed by atoms with E-state index in [0.29, 0.717) is 22.2 Å². The third kappa shape index (κ3) is 5.77. The Morgan fingerprint density at radius 3 is 2.34 bits per heavy atom. The van der Waals surface area contributed by atoms with Gasteiger partial charge in [0.15, 0.2) is 11.5 Å². The molecule has 1 amide bonds. The molecule has 0 bridgehead atoms. The first-order chi connectivity index (χ1) is 13.6. The highest BCUT2D eigenvalue weighted by Gasteiger charge is 2.22. The zero-order chi connectivity index (χ0) is 21.8. The highest BCUT2D eigenvalue weighted by atomic mass is 35.5. The van der Waals surface area contributed by atoms with Crippen LogP contribution in [0.25, 0.3) is 0 Å². The van der Waals surface area contributed by atoms with Gasteiger partial charge in [-0.2, -0.15) is 0 Å². The highest BCUT2D eigenvalue weighted by molar-refractivity contribution is 7.92. The SMILES string of the molecule is COc1ccc([C@H](C)NC(=O)CN(c2ccc(C)c(Cl)c2)S(C)(=O)=O)cc1OC. The van der Waals surface area contributed by atoms with Crippen LogP contribution in [0.1, 0.15) is 24.1 Å². The average Bonchev–Trinajstić information content (AvgIpc) is 2.66. The smallest absolute Gasteiger partial charge is 0.241 e. The summed E-state index contributed by atoms with van der Waals surface area (Å²) >= 11 is 6.12. The summed E-state index contributed by atoms with van der Waals surface area (Å²) in [6.07, 6.45) is 1.05. The monoisotopic (exact) mass is 440 g/mol. The maximum absolute atomic E-state index is 12.6. The molecule has 0 radical (unpaired) electrons. The molecule has 0 aromatic heterocycles. The van der Waals surface area contributed by atoms with Gasteiger partial charge in [-0.05, 0) is 49.2 Å². The number of nitrogens with zero attached hydrogens (tertiary/aromatic N) is 1. The van der Waals surface area contributed by atoms with E-state index in [9.17, 15) is 13.2 Å². The summed E-state index contributed by atoms with van der Waals surface area (Å²) in [5.74, 6) is 0.668. The summed E-state index contributed by atoms with van der Waals surface area (Å²) in [6, 6.07) is 9.80. The Labute approximate surface area is 176 Å². The molecule has 7 nitrogen and oxygen atoms in total. The molecule has 29 heavy (non-hydrogen) atoms. The lowest BCUT2D eigenvalue weighted by atomic mass is 10.1. The maximum Gasteiger partial charge on any atom is 0.241 e. The quantitative estimate of drug-likeness (QED) is 0.680. The van der Waals surface area contributed by atoms with Gasteiger partial charge in [-0.15, -0.1) is 0 Å². The number of nitrogens with one attached hydrogen (secondary N) is 1. The molecule has 0 aliphatic rings. The second-order valence-electron chi connectivity index (χ2n) is 6.61. The second kappa shape index (κ2) is 9.37. The van der Waals surface area contributed by atoms with Crippen LogP contribution in [0.15, 0.2) is 36.4 Å². The molecular formula is C20H25ClN2O5S. The number of rotatable bonds is 8. The molecule has 1 atom stereocenters. The molecule has 0 saturated heterocycles. The molecule has 0 unspecified atom stereocenters. The Hall–Kier alpha value is -2.45. The molecular weight excluding hydrogens is 416 g/mol. The number of aryl methyl sites for hydroxylation is 1. The highest BCUT2D eigenvalue weighted by Crippen LogP contribution is 2.30. The molecule has 0 spiro atoms. The Balaban J connectivity index is 2.19. The van der Waals surface area contributed by atoms with Gasteiger partial charge in [0, 0.05) is 5.02 Å². The van der Waals surface area contributed by atoms with E-state index in [1.807, 2.05) is 6.92 Å². The summed E-state index contributed by atoms with van der Waals surface area (Å²) in [5, 5.41) is 3.24. The van der Waals surface area contributed by atoms with Gasteiger partial charge in [0.05, 0.1) is 32.2 Å². The molecule has 0 aliphatic carbocycles. The zero-order valence-electron chi connectivity index (χ0n) is 17.0. The lowest BCUT2D eigenvalue weighted by molar-refractivity contribution is -0.120. The van der Waals surface area contributed by atoms with Gasteiger partial charge in [0.2, 0.25) is 15.9 Å². The molecule has 9 heteroatoms. The van der Waals surface area contributed by atoms with E-state index in [2.05, 4.69) is 5.32 Å². The fraction of sp³-hybridized carbons (Fsp3) is 0.350. The van der Waals surface area contributed by atoms with Gasteiger partial charge in [-0.25, -0.2) is 8.42 Å². The number of halogens is 1. The van der Waals surface area contributed by atoms with Crippen molar-refractivity contribution in [1.82, 2.24) is 5.32 Å². The number of methoxy groups -OCH3 is 2. The van der Waals surface area contributed by atoms with Crippen molar-refractivity contribution >= 4 is 33.2 Å². The van der Waals surface area contributed by atoms with Crippen molar-refractivity contribution in [2.45, 2.75) is 19.9 Å². The fourth-order valence-electron chi connectivity index (χ4n) is 2.76. The van der Waals surface area contributed by atoms with Gasteiger partial charge >= 0.3 is 0 Å². The summed E-state index contributed by atoms with van der Waals surface area (Å²) in [4.78, 5) is 12.6. The van der Waals surface area contributed by atoms with Crippen molar-refractivity contribution in [2.75, 3.05) is 31.3 Å². The van der Waals surface area contributed by atoms with Gasteiger partial charge < -0.3 is 14.8 Å². The number of hydrogen-bond donors (Lipinski definition) is 1. The van der Waals surface area contributed by atoms with Crippen molar-refractivity contribution in [2.24, 2.45) is 0 Å². The fourth-order valence-corrected chi connectivity index (χ4v) is 3.78. The Bertz CT molecular complexity index is 994. The largest absolute Gasteiger partial charge is 0.493 e. The molecule has 158 valence electrons. The summed E-state index contributed by atoms with van der Waals surface area (Å²) < 4.78 is 36.0. The van der Waals surface area contributed by atoms with Crippen molar-refractivity contribution in [3.8, 4) is 11.5 Å². The molecule has 0 saturated carbocycles. The number of hydrogen-bond acceptors (Lipinski definition) is 5. The molecule has 2 aromatic carbocycles. The minimum absolute atomic E-state index is 0.331. The van der Waals surface area contributed by atoms with Crippen LogP contribution >= 0.6 is 11.6 Å². The van der Waals surface area contributed by atoms with Crippen molar-refractivity contribution in [3.05, 3.63) is 52.5 Å². The van der Waals surface area contributed by atoms with Crippen LogP contribution in [0.5, 0.6) is 11.5 Å². The third-order valence-corrected chi connectivity index (χ3v) is 5.96. The molecule has 2 aromatic rings. The second-order valence-corrected chi connectivity index (χ2v) is 8.92. The number of carbonyl (C=O) groups excluding carboxylic acids is 1. The molecule has 0 fully saturated rings. The molecule has 0 aliphatic heterocycles. The maximum atomic E-state index is 12.6. The normalized spacial score (nSPS) is 12.2. The Kier molecular flexibility index (Phi) is 7.37. The van der Waals surface area contributed by atoms with E-state index in [0.717, 1.165) is 21.7 Å². The molecule has 1 N–H and O–H groups in total. The van der Waals surface area contributed by atoms with E-state index in [4.69, 9.17) is 21.1 Å². The molecule has 0 heterocycles. The number of sulfonamides is 1. The Morgan fingerprint density at radius 2 is 1.79 bits per heavy atom. The third-order valence-electron chi connectivity index (χ3n) is 4.42. The zero-order valence-corrected chi connectivity index (χ0v) is 18.6. The van der Waals surface area contributed by atoms with Crippen LogP contribution in [0.4, 0.5) is 5.69 Å². The van der Waals surface area contributed by atoms with Gasteiger partial charge in [-0.1, -0.05) is 23.7 Å². The number of anilines is 1. The van der Waals surface area contributed by atoms with E-state index < -0.39 is 15.9 Å². The topological polar surface area (TPSA) is 84.9 Å². The van der Waals surface area contributed by atoms with Gasteiger partial charge in [-0.3, -0.25) is 9.10 Å². The average molecular weight is 441 g/mol. The van der Waals surface area contributed by atoms with Crippen LogP contribution in [-0.4, -0.2) is 41.3 Å². The minimum Gasteiger partial charge on any atom is -0.493 e. The van der Waals surface area contributed by atoms with Crippen molar-refractivity contribution in [3.63, 3.8) is 0 Å². The van der Waals surface area contributed by atoms with E-state index >= 15 is 0 Å². The first-order valence-electron chi connectivity index (χ1n) is 8.82. The van der Waals surface area contributed by atoms with E-state index in [1.54, 1.807) is 44.4 Å². The van der Waals surface area contributed by atoms with Crippen molar-refractivity contribution in [1.29, 1.82) is 0 Å². The standard InChI is InChI=1S/C20H25ClN2O5S/c1-13-6-8-16(11-17(13)21)23(29(5,25)26)12-20(24)22-14(2)15-7-9-18(27-3)19(10-15)28-4/h6-11,14H,12H2,1-5H3,(H,22,24)/t14-/m0/s1. The summed E-state index contributed by atoms with van der Waals surface area (Å²) in [7, 11) is -0.615. The summed E-state index contributed by atoms with van der Waals surface area (Å²) in [5.41, 5.74) is 1.94. The lowest BCUT2D eigenvalue weighted by Gasteiger charge is -2.24. The van der Waals surface area contributed by atoms with Crippen LogP contribution in [0.2, 0.25) is 5.02 Å². The first-order valence-corrected chi connectivity index (χ1v) is 11.0. The first kappa shape index (κ1) is 22.8. The lowest BCUT2D eigenvalue weighted by Crippen LogP contribution is -2.41. The molecule has 2 rings (SSSR count). The van der Waals surface area contributed by atoms with Crippen LogP contribution in [0, 0.1) is 6.92 Å². The summed E-state index contributed by atoms with van der Waals surface area (Å²) in [6.45, 7) is 3.25. The van der Waals surface area contributed by atoms with Crippen LogP contribution < -0.4 is 19.1 Å². The predicted octanol–water partition coefficient (Wildman–Crippen LogP) is 3.31. The minimum atomic E-state index is -3.69. The predicted molar refractivity (Wildman–Crippen MR) is 114 cm³/mol. The van der Waals surface area contributed by atoms with E-state index in [-0.39, 0.29) is 12.6 Å². The van der Waals surface area contributed by atoms with Crippen LogP contribution in [-0.2, 0) is 14.8 Å². The van der Waals surface area contributed by atoms with Gasteiger partial charge in [0.25, 0.3) is 0 Å².